The van der Waals surface area contributed by atoms with Crippen LogP contribution >= 0.6 is 0 Å². The molecule has 1 rings (SSSR count). The quantitative estimate of drug-likeness (QED) is 0.505. The number of rotatable bonds is 0. The van der Waals surface area contributed by atoms with E-state index in [1.807, 2.05) is 0 Å². The van der Waals surface area contributed by atoms with Crippen molar-refractivity contribution in [3.05, 3.63) is 11.6 Å². The molecule has 0 unspecified atom stereocenters. The number of carbonyl (C=O) groups excluding carboxylic acids is 1. The maximum Gasteiger partial charge on any atom is 0.142 e. The summed E-state index contributed by atoms with van der Waals surface area (Å²) in [6, 6.07) is 0. The highest BCUT2D eigenvalue weighted by Gasteiger charge is 2.26. The largest absolute Gasteiger partial charge is 0.299 e. The minimum atomic E-state index is -0.0861. The zero-order valence-electron chi connectivity index (χ0n) is 8.31. The SMILES string of the molecule is C/C1=C/CC(=O)C(C)(C)CCC1. The minimum absolute atomic E-state index is 0.0861. The molecular weight excluding hydrogens is 148 g/mol. The first-order valence-corrected chi connectivity index (χ1v) is 4.71. The van der Waals surface area contributed by atoms with Crippen LogP contribution < -0.4 is 0 Å². The molecular formula is C11H18O. The van der Waals surface area contributed by atoms with Gasteiger partial charge in [0.05, 0.1) is 0 Å². The van der Waals surface area contributed by atoms with E-state index in [0.717, 1.165) is 19.3 Å². The van der Waals surface area contributed by atoms with Crippen molar-refractivity contribution in [2.45, 2.75) is 46.5 Å². The van der Waals surface area contributed by atoms with Gasteiger partial charge >= 0.3 is 0 Å². The highest BCUT2D eigenvalue weighted by Crippen LogP contribution is 2.29. The Kier molecular flexibility index (Phi) is 2.71. The Morgan fingerprint density at radius 2 is 2.08 bits per heavy atom. The van der Waals surface area contributed by atoms with Gasteiger partial charge in [0, 0.05) is 11.8 Å². The Morgan fingerprint density at radius 3 is 2.75 bits per heavy atom. The third-order valence-electron chi connectivity index (χ3n) is 2.76. The molecule has 0 bridgehead atoms. The van der Waals surface area contributed by atoms with Crippen LogP contribution in [0.5, 0.6) is 0 Å². The molecule has 0 spiro atoms. The maximum absolute atomic E-state index is 11.6. The zero-order valence-corrected chi connectivity index (χ0v) is 8.31. The first-order chi connectivity index (χ1) is 5.52. The Bertz CT molecular complexity index is 211. The van der Waals surface area contributed by atoms with Gasteiger partial charge in [0.1, 0.15) is 5.78 Å². The molecule has 0 N–H and O–H groups in total. The first kappa shape index (κ1) is 9.50. The molecule has 0 aromatic rings. The van der Waals surface area contributed by atoms with E-state index in [1.165, 1.54) is 5.57 Å². The van der Waals surface area contributed by atoms with Crippen molar-refractivity contribution in [2.75, 3.05) is 0 Å². The third-order valence-corrected chi connectivity index (χ3v) is 2.76. The van der Waals surface area contributed by atoms with E-state index in [-0.39, 0.29) is 5.41 Å². The lowest BCUT2D eigenvalue weighted by atomic mass is 9.79. The van der Waals surface area contributed by atoms with Crippen LogP contribution in [0, 0.1) is 5.41 Å². The molecule has 0 amide bonds. The fourth-order valence-corrected chi connectivity index (χ4v) is 1.59. The number of allylic oxidation sites excluding steroid dienone is 2. The van der Waals surface area contributed by atoms with Crippen LogP contribution in [0.1, 0.15) is 46.5 Å². The summed E-state index contributed by atoms with van der Waals surface area (Å²) >= 11 is 0. The van der Waals surface area contributed by atoms with Crippen molar-refractivity contribution in [1.82, 2.24) is 0 Å². The lowest BCUT2D eigenvalue weighted by Gasteiger charge is -2.24. The van der Waals surface area contributed by atoms with E-state index >= 15 is 0 Å². The molecule has 1 aliphatic rings. The van der Waals surface area contributed by atoms with Gasteiger partial charge in [-0.05, 0) is 26.2 Å². The summed E-state index contributed by atoms with van der Waals surface area (Å²) in [5.74, 6) is 0.390. The Labute approximate surface area is 74.9 Å². The summed E-state index contributed by atoms with van der Waals surface area (Å²) in [6.07, 6.45) is 6.08. The smallest absolute Gasteiger partial charge is 0.142 e. The van der Waals surface area contributed by atoms with Gasteiger partial charge in [-0.25, -0.2) is 0 Å². The number of carbonyl (C=O) groups is 1. The van der Waals surface area contributed by atoms with Crippen molar-refractivity contribution in [1.29, 1.82) is 0 Å². The van der Waals surface area contributed by atoms with Crippen LogP contribution in [0.25, 0.3) is 0 Å². The van der Waals surface area contributed by atoms with E-state index in [0.29, 0.717) is 12.2 Å². The summed E-state index contributed by atoms with van der Waals surface area (Å²) in [6.45, 7) is 6.24. The van der Waals surface area contributed by atoms with Crippen molar-refractivity contribution in [2.24, 2.45) is 5.41 Å². The number of Topliss-reactive ketones (excluding diaryl/α,β-unsaturated/α-hetero) is 1. The molecule has 0 atom stereocenters. The molecule has 1 aliphatic carbocycles. The second-order valence-corrected chi connectivity index (χ2v) is 4.42. The molecule has 0 saturated carbocycles. The number of hydrogen-bond donors (Lipinski definition) is 0. The van der Waals surface area contributed by atoms with Crippen LogP contribution in [-0.2, 0) is 4.79 Å². The number of hydrogen-bond acceptors (Lipinski definition) is 1. The third kappa shape index (κ3) is 2.20. The lowest BCUT2D eigenvalue weighted by Crippen LogP contribution is -2.24. The fraction of sp³-hybridized carbons (Fsp3) is 0.727. The molecule has 12 heavy (non-hydrogen) atoms. The molecule has 1 heteroatoms. The van der Waals surface area contributed by atoms with Gasteiger partial charge in [0.2, 0.25) is 0 Å². The predicted molar refractivity (Wildman–Crippen MR) is 51.0 cm³/mol. The summed E-state index contributed by atoms with van der Waals surface area (Å²) in [5, 5.41) is 0. The van der Waals surface area contributed by atoms with E-state index in [2.05, 4.69) is 26.8 Å². The second kappa shape index (κ2) is 3.42. The van der Waals surface area contributed by atoms with Crippen LogP contribution in [0.3, 0.4) is 0 Å². The van der Waals surface area contributed by atoms with Gasteiger partial charge in [-0.2, -0.15) is 0 Å². The van der Waals surface area contributed by atoms with E-state index in [4.69, 9.17) is 0 Å². The number of ketones is 1. The van der Waals surface area contributed by atoms with E-state index < -0.39 is 0 Å². The van der Waals surface area contributed by atoms with Gasteiger partial charge in [-0.15, -0.1) is 0 Å². The van der Waals surface area contributed by atoms with E-state index in [9.17, 15) is 4.79 Å². The van der Waals surface area contributed by atoms with Crippen molar-refractivity contribution in [3.63, 3.8) is 0 Å². The lowest BCUT2D eigenvalue weighted by molar-refractivity contribution is -0.126. The standard InChI is InChI=1S/C11H18O/c1-9-5-4-8-11(2,3)10(12)7-6-9/h6H,4-5,7-8H2,1-3H3/b9-6-. The van der Waals surface area contributed by atoms with Crippen LogP contribution in [0.15, 0.2) is 11.6 Å². The van der Waals surface area contributed by atoms with Crippen LogP contribution in [-0.4, -0.2) is 5.78 Å². The maximum atomic E-state index is 11.6. The van der Waals surface area contributed by atoms with Gasteiger partial charge in [-0.3, -0.25) is 4.79 Å². The Balaban J connectivity index is 2.73. The average molecular weight is 166 g/mol. The topological polar surface area (TPSA) is 17.1 Å². The van der Waals surface area contributed by atoms with Crippen molar-refractivity contribution in [3.8, 4) is 0 Å². The summed E-state index contributed by atoms with van der Waals surface area (Å²) in [7, 11) is 0. The van der Waals surface area contributed by atoms with Gasteiger partial charge < -0.3 is 0 Å². The molecule has 0 aromatic carbocycles. The molecule has 0 radical (unpaired) electrons. The Morgan fingerprint density at radius 1 is 1.42 bits per heavy atom. The highest BCUT2D eigenvalue weighted by molar-refractivity contribution is 5.85. The predicted octanol–water partition coefficient (Wildman–Crippen LogP) is 3.10. The Hall–Kier alpha value is -0.590. The van der Waals surface area contributed by atoms with Gasteiger partial charge in [-0.1, -0.05) is 25.5 Å². The second-order valence-electron chi connectivity index (χ2n) is 4.42. The van der Waals surface area contributed by atoms with Crippen molar-refractivity contribution < 1.29 is 4.79 Å². The first-order valence-electron chi connectivity index (χ1n) is 4.71. The van der Waals surface area contributed by atoms with Gasteiger partial charge in [0.15, 0.2) is 0 Å². The molecule has 0 heterocycles. The van der Waals surface area contributed by atoms with Crippen molar-refractivity contribution >= 4 is 5.78 Å². The normalized spacial score (nSPS) is 28.6. The molecule has 1 nitrogen and oxygen atoms in total. The summed E-state index contributed by atoms with van der Waals surface area (Å²) < 4.78 is 0. The molecule has 68 valence electrons. The highest BCUT2D eigenvalue weighted by atomic mass is 16.1. The molecule has 0 saturated heterocycles. The minimum Gasteiger partial charge on any atom is -0.299 e. The monoisotopic (exact) mass is 166 g/mol. The zero-order chi connectivity index (χ0) is 9.19. The fourth-order valence-electron chi connectivity index (χ4n) is 1.59. The average Bonchev–Trinajstić information content (AvgIpc) is 1.98. The van der Waals surface area contributed by atoms with Crippen LogP contribution in [0.4, 0.5) is 0 Å². The molecule has 0 aliphatic heterocycles. The summed E-state index contributed by atoms with van der Waals surface area (Å²) in [5.41, 5.74) is 1.29. The van der Waals surface area contributed by atoms with Gasteiger partial charge in [0.25, 0.3) is 0 Å². The molecule has 0 aromatic heterocycles. The van der Waals surface area contributed by atoms with E-state index in [1.54, 1.807) is 0 Å². The summed E-state index contributed by atoms with van der Waals surface area (Å²) in [4.78, 5) is 11.6. The molecule has 0 fully saturated rings. The van der Waals surface area contributed by atoms with Crippen LogP contribution in [0.2, 0.25) is 0 Å².